The number of para-hydroxylation sites is 1. The highest BCUT2D eigenvalue weighted by Crippen LogP contribution is 2.80. The minimum absolute atomic E-state index is 0.0394. The van der Waals surface area contributed by atoms with E-state index in [0.717, 1.165) is 11.3 Å². The van der Waals surface area contributed by atoms with E-state index in [4.69, 9.17) is 42.3 Å². The van der Waals surface area contributed by atoms with Crippen LogP contribution >= 0.6 is 0 Å². The molecule has 0 aromatic heterocycles. The van der Waals surface area contributed by atoms with E-state index in [0.29, 0.717) is 25.9 Å². The normalized spacial score (nSPS) is 43.8. The van der Waals surface area contributed by atoms with Crippen molar-refractivity contribution in [2.75, 3.05) is 53.0 Å². The second-order valence-electron chi connectivity index (χ2n) is 15.8. The van der Waals surface area contributed by atoms with E-state index in [9.17, 15) is 24.6 Å². The molecule has 7 bridgehead atoms. The molecule has 0 radical (unpaired) electrons. The quantitative estimate of drug-likeness (QED) is 0.177. The summed E-state index contributed by atoms with van der Waals surface area (Å²) in [6, 6.07) is 6.11. The van der Waals surface area contributed by atoms with Gasteiger partial charge in [0.25, 0.3) is 0 Å². The number of hydrogen-bond donors (Lipinski definition) is 3. The topological polar surface area (TPSA) is 234 Å². The lowest BCUT2D eigenvalue weighted by Crippen LogP contribution is -2.82. The number of carbonyl (C=O) groups is 3. The van der Waals surface area contributed by atoms with E-state index in [-0.39, 0.29) is 90.9 Å². The lowest BCUT2D eigenvalue weighted by Gasteiger charge is -2.70. The van der Waals surface area contributed by atoms with Crippen molar-refractivity contribution in [3.8, 4) is 0 Å². The van der Waals surface area contributed by atoms with Crippen LogP contribution < -0.4 is 18.9 Å². The first-order chi connectivity index (χ1) is 25.0. The number of anilines is 1. The molecule has 17 heteroatoms. The van der Waals surface area contributed by atoms with Gasteiger partial charge >= 0.3 is 5.97 Å². The number of piperidine rings is 1. The molecule has 7 fully saturated rings. The number of rotatable bonds is 9. The average Bonchev–Trinajstić information content (AvgIpc) is 3.69. The molecule has 2 amide bonds. The lowest BCUT2D eigenvalue weighted by molar-refractivity contribution is -1.92. The highest BCUT2D eigenvalue weighted by Gasteiger charge is 2.91. The van der Waals surface area contributed by atoms with Gasteiger partial charge in [-0.2, -0.15) is 14.0 Å². The van der Waals surface area contributed by atoms with Crippen LogP contribution in [0.1, 0.15) is 55.8 Å². The number of hydrogen-bond acceptors (Lipinski definition) is 15. The summed E-state index contributed by atoms with van der Waals surface area (Å²) in [5.41, 5.74) is -4.15. The standard InChI is InChI=1S/C36H48N2O10.ClHO4/c1-6-37-17-33(18-48-31(41)19-9-7-8-10-22(19)38-25(39)11-12-26(38)40)14-13-24(45-3)35-21-15-20-23(44-2)16-34(42,27(21)28(20)46-4)36(43,32(35)37)30(47-5)29(33)35;2-1(3,4)5/h7-10,20-21,23-24,27-30,32,42-43H,6,11-18H2,1-5H3;(H,2,3,4,5)/t20-,21-,23+,24+,27-,28+,29?,30+,32?,33+,34-,35+,36+;/m1./s1. The first kappa shape index (κ1) is 38.9. The minimum atomic E-state index is -4.69. The van der Waals surface area contributed by atoms with Crippen LogP contribution in [0.5, 0.6) is 0 Å². The van der Waals surface area contributed by atoms with E-state index in [2.05, 4.69) is 11.8 Å². The summed E-state index contributed by atoms with van der Waals surface area (Å²) in [7, 11) is 2.00. The lowest BCUT2D eigenvalue weighted by atomic mass is 9.42. The number of ether oxygens (including phenoxy) is 5. The molecule has 53 heavy (non-hydrogen) atoms. The van der Waals surface area contributed by atoms with Gasteiger partial charge in [0.1, 0.15) is 11.2 Å². The van der Waals surface area contributed by atoms with Crippen LogP contribution in [0.2, 0.25) is 0 Å². The van der Waals surface area contributed by atoms with E-state index >= 15 is 0 Å². The molecule has 2 heterocycles. The smallest absolute Gasteiger partial charge is 0.340 e. The third-order valence-corrected chi connectivity index (χ3v) is 14.2. The number of carbonyl (C=O) groups excluding carboxylic acids is 3. The monoisotopic (exact) mass is 768 g/mol. The Hall–Kier alpha value is -2.32. The van der Waals surface area contributed by atoms with Gasteiger partial charge in [0.2, 0.25) is 11.8 Å². The molecule has 5 aliphatic carbocycles. The first-order valence-corrected chi connectivity index (χ1v) is 19.4. The summed E-state index contributed by atoms with van der Waals surface area (Å²) in [5, 5.41) is 26.5. The second kappa shape index (κ2) is 13.4. The van der Waals surface area contributed by atoms with Crippen LogP contribution in [-0.2, 0) is 33.3 Å². The van der Waals surface area contributed by atoms with Crippen LogP contribution in [-0.4, -0.2) is 127 Å². The number of aliphatic hydroxyl groups is 2. The van der Waals surface area contributed by atoms with Crippen LogP contribution in [0, 0.1) is 44.7 Å². The van der Waals surface area contributed by atoms with Gasteiger partial charge in [-0.15, -0.1) is 0 Å². The Morgan fingerprint density at radius 2 is 1.66 bits per heavy atom. The Labute approximate surface area is 309 Å². The SMILES string of the molecule is CCN1C[C@]2(COC(=O)c3ccccc3N3C(=O)CCC3=O)CC[C@H](OC)[C@@]34C2[C@H](OC)[C@](O)(C13)[C@@]1(O)C[C@H](OC)[C@H]2C[C@@H]4[C@@H]1[C@H]2OC.[O-][Cl+3]([O-])([O-])O. The number of halogens is 1. The van der Waals surface area contributed by atoms with Crippen LogP contribution in [0.25, 0.3) is 0 Å². The molecule has 1 aromatic rings. The molecule has 5 saturated carbocycles. The van der Waals surface area contributed by atoms with Gasteiger partial charge in [0, 0.05) is 82.8 Å². The number of likely N-dealkylation sites (N-methyl/N-ethyl adjacent to an activating group) is 1. The summed E-state index contributed by atoms with van der Waals surface area (Å²) < 4.78 is 64.0. The van der Waals surface area contributed by atoms with Crippen LogP contribution in [0.15, 0.2) is 24.3 Å². The molecule has 1 aromatic carbocycles. The van der Waals surface area contributed by atoms with Gasteiger partial charge in [0.05, 0.1) is 63.2 Å². The predicted octanol–water partition coefficient (Wildman–Crippen LogP) is -2.33. The highest BCUT2D eigenvalue weighted by molar-refractivity contribution is 6.21. The van der Waals surface area contributed by atoms with Gasteiger partial charge in [0.15, 0.2) is 0 Å². The zero-order valence-corrected chi connectivity index (χ0v) is 31.2. The Morgan fingerprint density at radius 1 is 1.00 bits per heavy atom. The summed E-state index contributed by atoms with van der Waals surface area (Å²) >= 11 is 0. The summed E-state index contributed by atoms with van der Waals surface area (Å²) in [6.45, 7) is 3.24. The maximum atomic E-state index is 14.0. The van der Waals surface area contributed by atoms with Gasteiger partial charge in [-0.25, -0.2) is 9.69 Å². The van der Waals surface area contributed by atoms with Crippen LogP contribution in [0.3, 0.4) is 0 Å². The largest absolute Gasteiger partial charge is 0.461 e. The van der Waals surface area contributed by atoms with Crippen molar-refractivity contribution in [3.05, 3.63) is 29.8 Å². The average molecular weight is 769 g/mol. The number of fused-ring (bicyclic) bond motifs is 2. The molecule has 13 atom stereocenters. The fraction of sp³-hybridized carbons (Fsp3) is 0.750. The first-order valence-electron chi connectivity index (χ1n) is 18.1. The second-order valence-corrected chi connectivity index (χ2v) is 16.6. The van der Waals surface area contributed by atoms with Crippen molar-refractivity contribution in [1.29, 1.82) is 0 Å². The number of imide groups is 1. The highest BCUT2D eigenvalue weighted by atomic mass is 35.7. The van der Waals surface area contributed by atoms with Crippen molar-refractivity contribution in [1.82, 2.24) is 4.90 Å². The van der Waals surface area contributed by atoms with E-state index in [1.54, 1.807) is 52.7 Å². The molecule has 294 valence electrons. The number of amides is 2. The fourth-order valence-electron chi connectivity index (χ4n) is 13.0. The van der Waals surface area contributed by atoms with Crippen molar-refractivity contribution < 1.29 is 77.2 Å². The van der Waals surface area contributed by atoms with Gasteiger partial charge < -0.3 is 33.9 Å². The maximum absolute atomic E-state index is 14.0. The molecule has 8 rings (SSSR count). The Kier molecular flexibility index (Phi) is 9.85. The molecule has 2 saturated heterocycles. The van der Waals surface area contributed by atoms with Gasteiger partial charge in [-0.1, -0.05) is 19.1 Å². The van der Waals surface area contributed by atoms with E-state index < -0.39 is 50.4 Å². The van der Waals surface area contributed by atoms with Gasteiger partial charge in [-0.3, -0.25) is 14.5 Å². The maximum Gasteiger partial charge on any atom is 0.340 e. The number of methoxy groups -OCH3 is 4. The molecule has 2 aliphatic heterocycles. The fourth-order valence-corrected chi connectivity index (χ4v) is 13.0. The Balaban J connectivity index is 0.000000817. The number of likely N-dealkylation sites (tertiary alicyclic amines) is 1. The minimum Gasteiger partial charge on any atom is -0.461 e. The molecule has 16 nitrogen and oxygen atoms in total. The van der Waals surface area contributed by atoms with E-state index in [1.165, 1.54) is 0 Å². The number of nitrogens with zero attached hydrogens (tertiary/aromatic N) is 2. The van der Waals surface area contributed by atoms with Crippen molar-refractivity contribution >= 4 is 23.5 Å². The third-order valence-electron chi connectivity index (χ3n) is 14.2. The van der Waals surface area contributed by atoms with E-state index in [1.807, 2.05) is 0 Å². The molecular weight excluding hydrogens is 720 g/mol. The molecule has 2 unspecified atom stereocenters. The summed E-state index contributed by atoms with van der Waals surface area (Å²) in [6.07, 6.45) is 0.951. The van der Waals surface area contributed by atoms with Crippen molar-refractivity contribution in [3.63, 3.8) is 0 Å². The third kappa shape index (κ3) is 5.25. The van der Waals surface area contributed by atoms with Crippen molar-refractivity contribution in [2.45, 2.75) is 87.1 Å². The number of esters is 1. The number of benzene rings is 1. The van der Waals surface area contributed by atoms with Crippen LogP contribution in [0.4, 0.5) is 5.69 Å². The molecule has 7 aliphatic rings. The molecular formula is C36H49ClN2O14. The Morgan fingerprint density at radius 3 is 2.25 bits per heavy atom. The molecule has 1 spiro atoms. The van der Waals surface area contributed by atoms with Crippen molar-refractivity contribution in [2.24, 2.45) is 34.5 Å². The zero-order chi connectivity index (χ0) is 38.5. The van der Waals surface area contributed by atoms with Gasteiger partial charge in [-0.05, 0) is 43.9 Å². The Bertz CT molecular complexity index is 1610. The summed E-state index contributed by atoms with van der Waals surface area (Å²) in [4.78, 5) is 42.6. The summed E-state index contributed by atoms with van der Waals surface area (Å²) in [5.74, 6) is -2.00. The predicted molar refractivity (Wildman–Crippen MR) is 172 cm³/mol. The molecule has 3 N–H and O–H groups in total. The zero-order valence-electron chi connectivity index (χ0n) is 30.5.